The van der Waals surface area contributed by atoms with Crippen LogP contribution < -0.4 is 10.0 Å². The Morgan fingerprint density at radius 1 is 1.00 bits per heavy atom. The zero-order valence-electron chi connectivity index (χ0n) is 16.6. The zero-order valence-corrected chi connectivity index (χ0v) is 18.2. The van der Waals surface area contributed by atoms with Crippen LogP contribution in [0.3, 0.4) is 0 Å². The molecule has 1 atom stereocenters. The second-order valence-electron chi connectivity index (χ2n) is 7.06. The Kier molecular flexibility index (Phi) is 6.52. The van der Waals surface area contributed by atoms with Crippen LogP contribution in [0.25, 0.3) is 0 Å². The summed E-state index contributed by atoms with van der Waals surface area (Å²) >= 11 is 1.12. The largest absolute Gasteiger partial charge is 0.324 e. The van der Waals surface area contributed by atoms with Gasteiger partial charge in [0.1, 0.15) is 10.3 Å². The molecule has 0 radical (unpaired) electrons. The maximum Gasteiger partial charge on any atom is 0.250 e. The number of thiophene rings is 1. The highest BCUT2D eigenvalue weighted by Crippen LogP contribution is 2.23. The van der Waals surface area contributed by atoms with E-state index >= 15 is 0 Å². The first kappa shape index (κ1) is 21.2. The lowest BCUT2D eigenvalue weighted by Crippen LogP contribution is -2.45. The fraction of sp³-hybridized carbons (Fsp3) is 0.227. The maximum atomic E-state index is 13.1. The Bertz CT molecular complexity index is 1070. The Labute approximate surface area is 175 Å². The van der Waals surface area contributed by atoms with Crippen LogP contribution in [0.5, 0.6) is 0 Å². The molecule has 0 saturated heterocycles. The quantitative estimate of drug-likeness (QED) is 0.592. The van der Waals surface area contributed by atoms with E-state index < -0.39 is 16.1 Å². The summed E-state index contributed by atoms with van der Waals surface area (Å²) in [6, 6.07) is 15.6. The van der Waals surface area contributed by atoms with Crippen molar-refractivity contribution in [3.8, 4) is 0 Å². The van der Waals surface area contributed by atoms with Crippen molar-refractivity contribution in [1.29, 1.82) is 0 Å². The van der Waals surface area contributed by atoms with Crippen LogP contribution in [0.15, 0.2) is 64.2 Å². The Morgan fingerprint density at radius 3 is 2.24 bits per heavy atom. The normalized spacial score (nSPS) is 12.5. The highest BCUT2D eigenvalue weighted by molar-refractivity contribution is 7.91. The van der Waals surface area contributed by atoms with Gasteiger partial charge in [0.25, 0.3) is 10.0 Å². The third kappa shape index (κ3) is 5.32. The standard InChI is InChI=1S/C22H24N2O3S2/c1-15-12-16(2)21(17(3)13-15)23-22(25)19(14-18-8-5-4-6-9-18)24-29(26,27)20-10-7-11-28-20/h4-13,19,24H,14H2,1-3H3,(H,23,25)/t19-/m0/s1. The van der Waals surface area contributed by atoms with Crippen molar-refractivity contribution in [3.63, 3.8) is 0 Å². The molecule has 2 N–H and O–H groups in total. The highest BCUT2D eigenvalue weighted by Gasteiger charge is 2.27. The van der Waals surface area contributed by atoms with Crippen molar-refractivity contribution in [2.24, 2.45) is 0 Å². The smallest absolute Gasteiger partial charge is 0.250 e. The molecule has 0 fully saturated rings. The third-order valence-electron chi connectivity index (χ3n) is 4.58. The van der Waals surface area contributed by atoms with E-state index in [1.807, 2.05) is 63.2 Å². The van der Waals surface area contributed by atoms with Crippen LogP contribution in [0, 0.1) is 20.8 Å². The van der Waals surface area contributed by atoms with Gasteiger partial charge in [-0.25, -0.2) is 8.42 Å². The first-order valence-corrected chi connectivity index (χ1v) is 11.6. The number of aryl methyl sites for hydroxylation is 3. The zero-order chi connectivity index (χ0) is 21.0. The number of amides is 1. The molecular formula is C22H24N2O3S2. The number of carbonyl (C=O) groups is 1. The molecule has 5 nitrogen and oxygen atoms in total. The molecule has 1 amide bonds. The number of carbonyl (C=O) groups excluding carboxylic acids is 1. The van der Waals surface area contributed by atoms with Gasteiger partial charge in [0, 0.05) is 5.69 Å². The van der Waals surface area contributed by atoms with Gasteiger partial charge in [-0.05, 0) is 55.3 Å². The molecule has 29 heavy (non-hydrogen) atoms. The Hall–Kier alpha value is -2.48. The minimum Gasteiger partial charge on any atom is -0.324 e. The van der Waals surface area contributed by atoms with Crippen LogP contribution in [0.1, 0.15) is 22.3 Å². The molecule has 3 aromatic rings. The Balaban J connectivity index is 1.89. The number of hydrogen-bond acceptors (Lipinski definition) is 4. The fourth-order valence-corrected chi connectivity index (χ4v) is 5.49. The van der Waals surface area contributed by atoms with Crippen LogP contribution in [-0.2, 0) is 21.2 Å². The second kappa shape index (κ2) is 8.90. The molecule has 0 aliphatic heterocycles. The lowest BCUT2D eigenvalue weighted by molar-refractivity contribution is -0.117. The van der Waals surface area contributed by atoms with Crippen molar-refractivity contribution >= 4 is 33.0 Å². The van der Waals surface area contributed by atoms with E-state index in [-0.39, 0.29) is 16.5 Å². The van der Waals surface area contributed by atoms with E-state index in [4.69, 9.17) is 0 Å². The third-order valence-corrected chi connectivity index (χ3v) is 7.45. The molecule has 0 unspecified atom stereocenters. The molecule has 7 heteroatoms. The number of hydrogen-bond donors (Lipinski definition) is 2. The summed E-state index contributed by atoms with van der Waals surface area (Å²) in [7, 11) is -3.79. The summed E-state index contributed by atoms with van der Waals surface area (Å²) in [6.45, 7) is 5.86. The lowest BCUT2D eigenvalue weighted by Gasteiger charge is -2.20. The predicted molar refractivity (Wildman–Crippen MR) is 118 cm³/mol. The number of sulfonamides is 1. The van der Waals surface area contributed by atoms with Crippen molar-refractivity contribution in [2.75, 3.05) is 5.32 Å². The molecule has 0 bridgehead atoms. The second-order valence-corrected chi connectivity index (χ2v) is 9.95. The van der Waals surface area contributed by atoms with Gasteiger partial charge in [0.2, 0.25) is 5.91 Å². The number of anilines is 1. The summed E-state index contributed by atoms with van der Waals surface area (Å²) < 4.78 is 28.3. The van der Waals surface area contributed by atoms with Crippen molar-refractivity contribution in [3.05, 3.63) is 82.2 Å². The Morgan fingerprint density at radius 2 is 1.66 bits per heavy atom. The SMILES string of the molecule is Cc1cc(C)c(NC(=O)[C@H](Cc2ccccc2)NS(=O)(=O)c2cccs2)c(C)c1. The number of rotatable bonds is 7. The molecule has 2 aromatic carbocycles. The molecule has 0 aliphatic carbocycles. The lowest BCUT2D eigenvalue weighted by atomic mass is 10.0. The molecule has 152 valence electrons. The van der Waals surface area contributed by atoms with Crippen LogP contribution in [0.2, 0.25) is 0 Å². The summed E-state index contributed by atoms with van der Waals surface area (Å²) in [5.41, 5.74) is 4.58. The minimum atomic E-state index is -3.79. The average molecular weight is 429 g/mol. The van der Waals surface area contributed by atoms with E-state index in [2.05, 4.69) is 10.0 Å². The molecule has 1 heterocycles. The molecule has 3 rings (SSSR count). The minimum absolute atomic E-state index is 0.186. The summed E-state index contributed by atoms with van der Waals surface area (Å²) in [5, 5.41) is 4.63. The van der Waals surface area contributed by atoms with E-state index in [1.54, 1.807) is 11.4 Å². The van der Waals surface area contributed by atoms with Crippen molar-refractivity contribution in [2.45, 2.75) is 37.4 Å². The molecule has 0 saturated carbocycles. The van der Waals surface area contributed by atoms with Gasteiger partial charge in [0.05, 0.1) is 0 Å². The van der Waals surface area contributed by atoms with E-state index in [0.717, 1.165) is 33.6 Å². The fourth-order valence-electron chi connectivity index (χ4n) is 3.29. The van der Waals surface area contributed by atoms with Crippen LogP contribution >= 0.6 is 11.3 Å². The monoisotopic (exact) mass is 428 g/mol. The van der Waals surface area contributed by atoms with Gasteiger partial charge in [-0.3, -0.25) is 4.79 Å². The van der Waals surface area contributed by atoms with E-state index in [1.165, 1.54) is 6.07 Å². The first-order valence-electron chi connectivity index (χ1n) is 9.25. The molecule has 0 spiro atoms. The van der Waals surface area contributed by atoms with Gasteiger partial charge in [0.15, 0.2) is 0 Å². The topological polar surface area (TPSA) is 75.3 Å². The maximum absolute atomic E-state index is 13.1. The molecule has 1 aromatic heterocycles. The summed E-state index contributed by atoms with van der Waals surface area (Å²) in [6.07, 6.45) is 0.251. The highest BCUT2D eigenvalue weighted by atomic mass is 32.2. The van der Waals surface area contributed by atoms with Crippen molar-refractivity contribution in [1.82, 2.24) is 4.72 Å². The van der Waals surface area contributed by atoms with Gasteiger partial charge >= 0.3 is 0 Å². The van der Waals surface area contributed by atoms with Gasteiger partial charge in [-0.15, -0.1) is 11.3 Å². The summed E-state index contributed by atoms with van der Waals surface area (Å²) in [4.78, 5) is 13.1. The van der Waals surface area contributed by atoms with Crippen LogP contribution in [0.4, 0.5) is 5.69 Å². The molecular weight excluding hydrogens is 404 g/mol. The average Bonchev–Trinajstić information content (AvgIpc) is 3.20. The first-order chi connectivity index (χ1) is 13.8. The van der Waals surface area contributed by atoms with E-state index in [9.17, 15) is 13.2 Å². The van der Waals surface area contributed by atoms with Gasteiger partial charge in [-0.2, -0.15) is 4.72 Å². The van der Waals surface area contributed by atoms with Gasteiger partial charge < -0.3 is 5.32 Å². The van der Waals surface area contributed by atoms with Crippen LogP contribution in [-0.4, -0.2) is 20.4 Å². The number of benzene rings is 2. The molecule has 0 aliphatic rings. The van der Waals surface area contributed by atoms with Gasteiger partial charge in [-0.1, -0.05) is 54.1 Å². The van der Waals surface area contributed by atoms with E-state index in [0.29, 0.717) is 5.69 Å². The number of nitrogens with one attached hydrogen (secondary N) is 2. The summed E-state index contributed by atoms with van der Waals surface area (Å²) in [5.74, 6) is -0.385. The predicted octanol–water partition coefficient (Wildman–Crippen LogP) is 4.20. The van der Waals surface area contributed by atoms with Crippen molar-refractivity contribution < 1.29 is 13.2 Å².